The second-order valence-corrected chi connectivity index (χ2v) is 7.12. The smallest absolute Gasteiger partial charge is 0.293 e. The molecule has 1 saturated heterocycles. The Hall–Kier alpha value is -3.06. The summed E-state index contributed by atoms with van der Waals surface area (Å²) in [4.78, 5) is 38.7. The van der Waals surface area contributed by atoms with Crippen LogP contribution in [-0.4, -0.2) is 41.6 Å². The summed E-state index contributed by atoms with van der Waals surface area (Å²) >= 11 is 0.815. The number of ether oxygens (including phenoxy) is 2. The first-order chi connectivity index (χ1) is 14.0. The van der Waals surface area contributed by atoms with Crippen LogP contribution >= 0.6 is 11.8 Å². The van der Waals surface area contributed by atoms with Crippen molar-refractivity contribution in [3.05, 3.63) is 64.6 Å². The van der Waals surface area contributed by atoms with Gasteiger partial charge in [-0.25, -0.2) is 0 Å². The quantitative estimate of drug-likeness (QED) is 0.473. The molecule has 29 heavy (non-hydrogen) atoms. The highest BCUT2D eigenvalue weighted by Crippen LogP contribution is 2.35. The first kappa shape index (κ1) is 20.7. The lowest BCUT2D eigenvalue weighted by molar-refractivity contribution is -0.122. The molecule has 1 heterocycles. The van der Waals surface area contributed by atoms with Crippen molar-refractivity contribution in [1.29, 1.82) is 0 Å². The van der Waals surface area contributed by atoms with Crippen LogP contribution in [0.1, 0.15) is 29.8 Å². The van der Waals surface area contributed by atoms with Crippen LogP contribution in [0.3, 0.4) is 0 Å². The van der Waals surface area contributed by atoms with Crippen molar-refractivity contribution in [3.63, 3.8) is 0 Å². The Balaban J connectivity index is 1.81. The summed E-state index contributed by atoms with van der Waals surface area (Å²) in [6, 6.07) is 13.9. The molecule has 0 atom stereocenters. The van der Waals surface area contributed by atoms with Crippen LogP contribution < -0.4 is 9.47 Å². The summed E-state index contributed by atoms with van der Waals surface area (Å²) in [6.45, 7) is 4.44. The van der Waals surface area contributed by atoms with Gasteiger partial charge in [0.15, 0.2) is 5.78 Å². The van der Waals surface area contributed by atoms with E-state index >= 15 is 0 Å². The third kappa shape index (κ3) is 4.86. The molecule has 0 radical (unpaired) electrons. The molecule has 2 amide bonds. The van der Waals surface area contributed by atoms with Gasteiger partial charge in [0.25, 0.3) is 11.1 Å². The van der Waals surface area contributed by atoms with Crippen molar-refractivity contribution in [1.82, 2.24) is 4.90 Å². The average Bonchev–Trinajstić information content (AvgIpc) is 2.98. The Bertz CT molecular complexity index is 955. The summed E-state index contributed by atoms with van der Waals surface area (Å²) in [6.07, 6.45) is 1.61. The number of benzene rings is 2. The third-order valence-corrected chi connectivity index (χ3v) is 5.06. The van der Waals surface area contributed by atoms with Gasteiger partial charge in [0.05, 0.1) is 24.7 Å². The minimum absolute atomic E-state index is 0.251. The van der Waals surface area contributed by atoms with E-state index in [1.807, 2.05) is 13.8 Å². The van der Waals surface area contributed by atoms with Crippen LogP contribution in [0.5, 0.6) is 11.5 Å². The fourth-order valence-corrected chi connectivity index (χ4v) is 3.64. The van der Waals surface area contributed by atoms with E-state index in [1.165, 1.54) is 0 Å². The summed E-state index contributed by atoms with van der Waals surface area (Å²) in [7, 11) is 0. The Morgan fingerprint density at radius 1 is 1.03 bits per heavy atom. The summed E-state index contributed by atoms with van der Waals surface area (Å²) < 4.78 is 11.1. The van der Waals surface area contributed by atoms with Crippen molar-refractivity contribution < 1.29 is 23.9 Å². The molecule has 0 spiro atoms. The standard InChI is InChI=1S/C22H21NO5S/c1-3-27-17-11-10-16(19(13-17)28-4-2)12-20-21(25)23(22(26)29-20)14-18(24)15-8-6-5-7-9-15/h5-13H,3-4,14H2,1-2H3/b20-12-. The first-order valence-corrected chi connectivity index (χ1v) is 10.1. The van der Waals surface area contributed by atoms with Gasteiger partial charge in [-0.3, -0.25) is 19.3 Å². The van der Waals surface area contributed by atoms with Gasteiger partial charge < -0.3 is 9.47 Å². The van der Waals surface area contributed by atoms with Crippen molar-refractivity contribution in [2.75, 3.05) is 19.8 Å². The van der Waals surface area contributed by atoms with Gasteiger partial charge >= 0.3 is 0 Å². The fourth-order valence-electron chi connectivity index (χ4n) is 2.81. The number of thioether (sulfide) groups is 1. The van der Waals surface area contributed by atoms with E-state index in [0.29, 0.717) is 35.8 Å². The van der Waals surface area contributed by atoms with Crippen LogP contribution in [0, 0.1) is 0 Å². The summed E-state index contributed by atoms with van der Waals surface area (Å²) in [5.41, 5.74) is 1.12. The molecular weight excluding hydrogens is 390 g/mol. The number of amides is 2. The molecule has 3 rings (SSSR count). The van der Waals surface area contributed by atoms with Gasteiger partial charge in [0.2, 0.25) is 0 Å². The predicted octanol–water partition coefficient (Wildman–Crippen LogP) is 4.40. The van der Waals surface area contributed by atoms with Gasteiger partial charge in [0, 0.05) is 17.2 Å². The second-order valence-electron chi connectivity index (χ2n) is 6.12. The van der Waals surface area contributed by atoms with E-state index < -0.39 is 11.1 Å². The lowest BCUT2D eigenvalue weighted by atomic mass is 10.1. The maximum atomic E-state index is 12.7. The zero-order chi connectivity index (χ0) is 20.8. The fraction of sp³-hybridized carbons (Fsp3) is 0.227. The maximum absolute atomic E-state index is 12.7. The molecule has 0 bridgehead atoms. The van der Waals surface area contributed by atoms with Gasteiger partial charge in [-0.05, 0) is 43.8 Å². The number of carbonyl (C=O) groups is 3. The van der Waals surface area contributed by atoms with Crippen LogP contribution in [0.2, 0.25) is 0 Å². The molecule has 1 fully saturated rings. The Morgan fingerprint density at radius 2 is 1.76 bits per heavy atom. The van der Waals surface area contributed by atoms with E-state index in [1.54, 1.807) is 54.6 Å². The molecule has 0 N–H and O–H groups in total. The molecule has 1 aliphatic rings. The van der Waals surface area contributed by atoms with E-state index in [2.05, 4.69) is 0 Å². The number of carbonyl (C=O) groups excluding carboxylic acids is 3. The van der Waals surface area contributed by atoms with E-state index in [-0.39, 0.29) is 17.2 Å². The van der Waals surface area contributed by atoms with E-state index in [0.717, 1.165) is 16.7 Å². The number of imide groups is 1. The number of Topliss-reactive ketones (excluding diaryl/α,β-unsaturated/α-hetero) is 1. The average molecular weight is 411 g/mol. The van der Waals surface area contributed by atoms with E-state index in [9.17, 15) is 14.4 Å². The number of nitrogens with zero attached hydrogens (tertiary/aromatic N) is 1. The van der Waals surface area contributed by atoms with Gasteiger partial charge in [-0.1, -0.05) is 30.3 Å². The first-order valence-electron chi connectivity index (χ1n) is 9.26. The molecule has 0 saturated carbocycles. The molecule has 2 aromatic rings. The molecule has 1 aliphatic heterocycles. The van der Waals surface area contributed by atoms with Crippen molar-refractivity contribution in [3.8, 4) is 11.5 Å². The predicted molar refractivity (Wildman–Crippen MR) is 112 cm³/mol. The van der Waals surface area contributed by atoms with Crippen LogP contribution in [0.25, 0.3) is 6.08 Å². The molecule has 0 aromatic heterocycles. The molecular formula is C22H21NO5S. The van der Waals surface area contributed by atoms with Crippen molar-refractivity contribution >= 4 is 34.8 Å². The minimum Gasteiger partial charge on any atom is -0.494 e. The molecule has 2 aromatic carbocycles. The molecule has 0 aliphatic carbocycles. The zero-order valence-electron chi connectivity index (χ0n) is 16.2. The Kier molecular flexibility index (Phi) is 6.72. The lowest BCUT2D eigenvalue weighted by Gasteiger charge is -2.12. The number of hydrogen-bond acceptors (Lipinski definition) is 6. The highest BCUT2D eigenvalue weighted by atomic mass is 32.2. The molecule has 0 unspecified atom stereocenters. The van der Waals surface area contributed by atoms with Gasteiger partial charge in [-0.15, -0.1) is 0 Å². The Morgan fingerprint density at radius 3 is 2.45 bits per heavy atom. The van der Waals surface area contributed by atoms with Gasteiger partial charge in [-0.2, -0.15) is 0 Å². The zero-order valence-corrected chi connectivity index (χ0v) is 17.0. The number of hydrogen-bond donors (Lipinski definition) is 0. The van der Waals surface area contributed by atoms with Crippen LogP contribution in [0.15, 0.2) is 53.4 Å². The van der Waals surface area contributed by atoms with Crippen molar-refractivity contribution in [2.24, 2.45) is 0 Å². The van der Waals surface area contributed by atoms with Crippen LogP contribution in [0.4, 0.5) is 4.79 Å². The minimum atomic E-state index is -0.486. The van der Waals surface area contributed by atoms with Gasteiger partial charge in [0.1, 0.15) is 11.5 Å². The lowest BCUT2D eigenvalue weighted by Crippen LogP contribution is -2.33. The third-order valence-electron chi connectivity index (χ3n) is 4.15. The highest BCUT2D eigenvalue weighted by Gasteiger charge is 2.36. The summed E-state index contributed by atoms with van der Waals surface area (Å²) in [5, 5.41) is -0.463. The van der Waals surface area contributed by atoms with Crippen LogP contribution in [-0.2, 0) is 4.79 Å². The Labute approximate surface area is 173 Å². The normalized spacial score (nSPS) is 15.1. The molecule has 6 nitrogen and oxygen atoms in total. The number of rotatable bonds is 8. The molecule has 7 heteroatoms. The monoisotopic (exact) mass is 411 g/mol. The maximum Gasteiger partial charge on any atom is 0.293 e. The van der Waals surface area contributed by atoms with Crippen molar-refractivity contribution in [2.45, 2.75) is 13.8 Å². The number of ketones is 1. The second kappa shape index (κ2) is 9.43. The molecule has 150 valence electrons. The SMILES string of the molecule is CCOc1ccc(/C=C2\SC(=O)N(CC(=O)c3ccccc3)C2=O)c(OCC)c1. The topological polar surface area (TPSA) is 72.9 Å². The highest BCUT2D eigenvalue weighted by molar-refractivity contribution is 8.18. The van der Waals surface area contributed by atoms with E-state index in [4.69, 9.17) is 9.47 Å². The summed E-state index contributed by atoms with van der Waals surface area (Å²) in [5.74, 6) is 0.450. The largest absolute Gasteiger partial charge is 0.494 e.